The fourth-order valence-corrected chi connectivity index (χ4v) is 3.78. The maximum Gasteiger partial charge on any atom is 0.246 e. The Morgan fingerprint density at radius 2 is 2.22 bits per heavy atom. The zero-order valence-electron chi connectivity index (χ0n) is 9.86. The van der Waals surface area contributed by atoms with Gasteiger partial charge in [-0.3, -0.25) is 0 Å². The van der Waals surface area contributed by atoms with Crippen molar-refractivity contribution in [3.63, 3.8) is 0 Å². The number of rotatable bonds is 2. The monoisotopic (exact) mass is 292 g/mol. The van der Waals surface area contributed by atoms with Crippen LogP contribution in [0, 0.1) is 5.82 Å². The molecule has 1 N–H and O–H groups in total. The molecule has 1 saturated heterocycles. The molecule has 1 aromatic rings. The van der Waals surface area contributed by atoms with Crippen molar-refractivity contribution < 1.29 is 12.8 Å². The van der Waals surface area contributed by atoms with Gasteiger partial charge >= 0.3 is 0 Å². The highest BCUT2D eigenvalue weighted by atomic mass is 35.5. The minimum absolute atomic E-state index is 0.0516. The zero-order chi connectivity index (χ0) is 13.3. The fraction of sp³-hybridized carbons (Fsp3) is 0.455. The maximum absolute atomic E-state index is 13.8. The van der Waals surface area contributed by atoms with Crippen molar-refractivity contribution in [2.45, 2.75) is 17.9 Å². The lowest BCUT2D eigenvalue weighted by Crippen LogP contribution is -2.51. The van der Waals surface area contributed by atoms with Crippen molar-refractivity contribution in [1.82, 2.24) is 9.62 Å². The van der Waals surface area contributed by atoms with E-state index in [1.165, 1.54) is 22.5 Å². The molecule has 1 aliphatic rings. The summed E-state index contributed by atoms with van der Waals surface area (Å²) in [5.41, 5.74) is 0. The second-order valence-corrected chi connectivity index (χ2v) is 6.58. The Morgan fingerprint density at radius 3 is 2.89 bits per heavy atom. The van der Waals surface area contributed by atoms with E-state index in [1.54, 1.807) is 0 Å². The number of nitrogens with zero attached hydrogens (tertiary/aromatic N) is 1. The molecule has 18 heavy (non-hydrogen) atoms. The first kappa shape index (κ1) is 13.7. The van der Waals surface area contributed by atoms with Gasteiger partial charge in [0.15, 0.2) is 5.82 Å². The van der Waals surface area contributed by atoms with Gasteiger partial charge in [-0.15, -0.1) is 0 Å². The van der Waals surface area contributed by atoms with Crippen LogP contribution in [0.3, 0.4) is 0 Å². The third kappa shape index (κ3) is 2.51. The molecule has 0 aromatic heterocycles. The lowest BCUT2D eigenvalue weighted by atomic mass is 10.3. The SMILES string of the molecule is C[C@H]1CN(S(=O)(=O)c2cccc(Cl)c2F)CCN1. The average Bonchev–Trinajstić information content (AvgIpc) is 2.32. The van der Waals surface area contributed by atoms with Crippen LogP contribution < -0.4 is 5.32 Å². The molecule has 7 heteroatoms. The molecular weight excluding hydrogens is 279 g/mol. The molecular formula is C11H14ClFN2O2S. The highest BCUT2D eigenvalue weighted by Crippen LogP contribution is 2.25. The third-order valence-corrected chi connectivity index (χ3v) is 5.04. The van der Waals surface area contributed by atoms with Crippen LogP contribution in [-0.4, -0.2) is 38.4 Å². The number of hydrogen-bond acceptors (Lipinski definition) is 3. The first-order valence-electron chi connectivity index (χ1n) is 5.60. The average molecular weight is 293 g/mol. The van der Waals surface area contributed by atoms with E-state index in [1.807, 2.05) is 6.92 Å². The lowest BCUT2D eigenvalue weighted by Gasteiger charge is -2.31. The topological polar surface area (TPSA) is 49.4 Å². The summed E-state index contributed by atoms with van der Waals surface area (Å²) >= 11 is 5.62. The highest BCUT2D eigenvalue weighted by Gasteiger charge is 2.31. The molecule has 0 radical (unpaired) electrons. The largest absolute Gasteiger partial charge is 0.312 e. The van der Waals surface area contributed by atoms with Gasteiger partial charge in [0, 0.05) is 25.7 Å². The van der Waals surface area contributed by atoms with Gasteiger partial charge in [-0.2, -0.15) is 4.31 Å². The lowest BCUT2D eigenvalue weighted by molar-refractivity contribution is 0.309. The molecule has 1 fully saturated rings. The van der Waals surface area contributed by atoms with Crippen LogP contribution in [-0.2, 0) is 10.0 Å². The van der Waals surface area contributed by atoms with Crippen LogP contribution in [0.5, 0.6) is 0 Å². The molecule has 0 amide bonds. The van der Waals surface area contributed by atoms with Crippen molar-refractivity contribution in [3.8, 4) is 0 Å². The standard InChI is InChI=1S/C11H14ClFN2O2S/c1-8-7-15(6-5-14-8)18(16,17)10-4-2-3-9(12)11(10)13/h2-4,8,14H,5-7H2,1H3/t8-/m0/s1. The Balaban J connectivity index is 2.39. The van der Waals surface area contributed by atoms with Crippen molar-refractivity contribution in [1.29, 1.82) is 0 Å². The Hall–Kier alpha value is -0.690. The van der Waals surface area contributed by atoms with E-state index < -0.39 is 15.8 Å². The second kappa shape index (κ2) is 5.13. The van der Waals surface area contributed by atoms with Crippen LogP contribution in [0.1, 0.15) is 6.92 Å². The molecule has 100 valence electrons. The smallest absolute Gasteiger partial charge is 0.246 e. The fourth-order valence-electron chi connectivity index (χ4n) is 1.94. The van der Waals surface area contributed by atoms with E-state index >= 15 is 0 Å². The van der Waals surface area contributed by atoms with E-state index in [0.717, 1.165) is 0 Å². The Kier molecular flexibility index (Phi) is 3.91. The van der Waals surface area contributed by atoms with Crippen molar-refractivity contribution in [2.24, 2.45) is 0 Å². The van der Waals surface area contributed by atoms with Crippen LogP contribution in [0.2, 0.25) is 5.02 Å². The van der Waals surface area contributed by atoms with Crippen LogP contribution in [0.4, 0.5) is 4.39 Å². The number of hydrogen-bond donors (Lipinski definition) is 1. The molecule has 0 spiro atoms. The van der Waals surface area contributed by atoms with Gasteiger partial charge in [-0.05, 0) is 19.1 Å². The molecule has 0 saturated carbocycles. The molecule has 1 heterocycles. The van der Waals surface area contributed by atoms with Gasteiger partial charge in [-0.25, -0.2) is 12.8 Å². The molecule has 0 unspecified atom stereocenters. The number of piperazine rings is 1. The molecule has 0 bridgehead atoms. The molecule has 4 nitrogen and oxygen atoms in total. The predicted octanol–water partition coefficient (Wildman–Crippen LogP) is 1.46. The van der Waals surface area contributed by atoms with Gasteiger partial charge in [0.2, 0.25) is 10.0 Å². The predicted molar refractivity (Wildman–Crippen MR) is 67.6 cm³/mol. The molecule has 2 rings (SSSR count). The summed E-state index contributed by atoms with van der Waals surface area (Å²) < 4.78 is 39.7. The Morgan fingerprint density at radius 1 is 1.50 bits per heavy atom. The number of halogens is 2. The minimum atomic E-state index is -3.81. The normalized spacial score (nSPS) is 22.1. The first-order valence-corrected chi connectivity index (χ1v) is 7.42. The van der Waals surface area contributed by atoms with E-state index in [2.05, 4.69) is 5.32 Å². The van der Waals surface area contributed by atoms with Gasteiger partial charge in [-0.1, -0.05) is 17.7 Å². The zero-order valence-corrected chi connectivity index (χ0v) is 11.4. The molecule has 0 aliphatic carbocycles. The summed E-state index contributed by atoms with van der Waals surface area (Å²) in [7, 11) is -3.81. The van der Waals surface area contributed by atoms with Crippen molar-refractivity contribution in [2.75, 3.05) is 19.6 Å². The summed E-state index contributed by atoms with van der Waals surface area (Å²) in [6.45, 7) is 3.10. The minimum Gasteiger partial charge on any atom is -0.312 e. The highest BCUT2D eigenvalue weighted by molar-refractivity contribution is 7.89. The summed E-state index contributed by atoms with van der Waals surface area (Å²) in [6.07, 6.45) is 0. The summed E-state index contributed by atoms with van der Waals surface area (Å²) in [4.78, 5) is -0.357. The summed E-state index contributed by atoms with van der Waals surface area (Å²) in [5.74, 6) is -0.884. The quantitative estimate of drug-likeness (QED) is 0.898. The van der Waals surface area contributed by atoms with E-state index in [9.17, 15) is 12.8 Å². The van der Waals surface area contributed by atoms with E-state index in [-0.39, 0.29) is 16.0 Å². The van der Waals surface area contributed by atoms with Crippen molar-refractivity contribution in [3.05, 3.63) is 29.0 Å². The first-order chi connectivity index (χ1) is 8.43. The Labute approximate surface area is 111 Å². The van der Waals surface area contributed by atoms with Crippen LogP contribution in [0.15, 0.2) is 23.1 Å². The van der Waals surface area contributed by atoms with Crippen LogP contribution in [0.25, 0.3) is 0 Å². The summed E-state index contributed by atoms with van der Waals surface area (Å²) in [5, 5.41) is 2.95. The van der Waals surface area contributed by atoms with Gasteiger partial charge in [0.05, 0.1) is 5.02 Å². The number of benzene rings is 1. The molecule has 1 aromatic carbocycles. The van der Waals surface area contributed by atoms with Crippen molar-refractivity contribution >= 4 is 21.6 Å². The van der Waals surface area contributed by atoms with Gasteiger partial charge in [0.25, 0.3) is 0 Å². The summed E-state index contributed by atoms with van der Waals surface area (Å²) in [6, 6.07) is 4.06. The second-order valence-electron chi connectivity index (χ2n) is 4.27. The van der Waals surface area contributed by atoms with Gasteiger partial charge in [0.1, 0.15) is 4.90 Å². The van der Waals surface area contributed by atoms with E-state index in [4.69, 9.17) is 11.6 Å². The Bertz CT molecular complexity index is 550. The maximum atomic E-state index is 13.8. The van der Waals surface area contributed by atoms with Crippen LogP contribution >= 0.6 is 11.6 Å². The number of nitrogens with one attached hydrogen (secondary N) is 1. The number of sulfonamides is 1. The molecule has 1 atom stereocenters. The van der Waals surface area contributed by atoms with E-state index in [0.29, 0.717) is 19.6 Å². The third-order valence-electron chi connectivity index (χ3n) is 2.87. The molecule has 1 aliphatic heterocycles. The van der Waals surface area contributed by atoms with Gasteiger partial charge < -0.3 is 5.32 Å².